The molecule has 0 radical (unpaired) electrons. The summed E-state index contributed by atoms with van der Waals surface area (Å²) in [6.45, 7) is 11.4. The minimum atomic E-state index is -0.133. The summed E-state index contributed by atoms with van der Waals surface area (Å²) >= 11 is 0. The zero-order chi connectivity index (χ0) is 19.2. The van der Waals surface area contributed by atoms with E-state index in [1.807, 2.05) is 0 Å². The maximum Gasteiger partial charge on any atom is 0.220 e. The van der Waals surface area contributed by atoms with E-state index in [0.717, 1.165) is 64.4 Å². The average molecular weight is 495 g/mol. The maximum atomic E-state index is 11.2. The Balaban J connectivity index is 0.00000676. The van der Waals surface area contributed by atoms with Crippen LogP contribution in [0.25, 0.3) is 0 Å². The van der Waals surface area contributed by atoms with Crippen LogP contribution in [-0.4, -0.2) is 55.5 Å². The SMILES string of the molecule is CCCCCC(C)NC(=NCCCCN1CCC(C(N)=O)CC1)NCC.I. The van der Waals surface area contributed by atoms with E-state index in [2.05, 4.69) is 36.3 Å². The number of halogens is 1. The quantitative estimate of drug-likeness (QED) is 0.168. The van der Waals surface area contributed by atoms with Gasteiger partial charge in [0.25, 0.3) is 0 Å². The number of aliphatic imine (C=N–C) groups is 1. The molecule has 1 amide bonds. The number of piperidine rings is 1. The van der Waals surface area contributed by atoms with Crippen molar-refractivity contribution in [3.8, 4) is 0 Å². The van der Waals surface area contributed by atoms with E-state index in [-0.39, 0.29) is 35.8 Å². The van der Waals surface area contributed by atoms with Gasteiger partial charge in [-0.05, 0) is 65.6 Å². The van der Waals surface area contributed by atoms with Crippen molar-refractivity contribution in [2.75, 3.05) is 32.7 Å². The lowest BCUT2D eigenvalue weighted by Crippen LogP contribution is -2.42. The molecule has 4 N–H and O–H groups in total. The summed E-state index contributed by atoms with van der Waals surface area (Å²) < 4.78 is 0. The van der Waals surface area contributed by atoms with E-state index in [1.165, 1.54) is 25.7 Å². The summed E-state index contributed by atoms with van der Waals surface area (Å²) in [6.07, 6.45) is 9.11. The molecule has 1 aliphatic rings. The fourth-order valence-corrected chi connectivity index (χ4v) is 3.41. The second-order valence-corrected chi connectivity index (χ2v) is 7.53. The molecular formula is C20H42IN5O. The van der Waals surface area contributed by atoms with Crippen LogP contribution in [0.5, 0.6) is 0 Å². The van der Waals surface area contributed by atoms with Gasteiger partial charge in [-0.3, -0.25) is 9.79 Å². The lowest BCUT2D eigenvalue weighted by atomic mass is 9.96. The summed E-state index contributed by atoms with van der Waals surface area (Å²) in [5, 5.41) is 6.86. The number of nitrogens with one attached hydrogen (secondary N) is 2. The lowest BCUT2D eigenvalue weighted by molar-refractivity contribution is -0.123. The van der Waals surface area contributed by atoms with Crippen LogP contribution in [0.15, 0.2) is 4.99 Å². The van der Waals surface area contributed by atoms with Crippen molar-refractivity contribution >= 4 is 35.8 Å². The van der Waals surface area contributed by atoms with Crippen LogP contribution >= 0.6 is 24.0 Å². The largest absolute Gasteiger partial charge is 0.369 e. The van der Waals surface area contributed by atoms with Crippen LogP contribution in [0, 0.1) is 5.92 Å². The summed E-state index contributed by atoms with van der Waals surface area (Å²) in [4.78, 5) is 18.4. The fourth-order valence-electron chi connectivity index (χ4n) is 3.41. The molecule has 27 heavy (non-hydrogen) atoms. The number of unbranched alkanes of at least 4 members (excludes halogenated alkanes) is 3. The molecule has 1 atom stereocenters. The number of hydrogen-bond acceptors (Lipinski definition) is 3. The third-order valence-electron chi connectivity index (χ3n) is 5.11. The molecule has 0 bridgehead atoms. The van der Waals surface area contributed by atoms with Gasteiger partial charge in [0.2, 0.25) is 5.91 Å². The molecule has 0 aromatic carbocycles. The molecule has 1 saturated heterocycles. The predicted molar refractivity (Wildman–Crippen MR) is 126 cm³/mol. The zero-order valence-corrected chi connectivity index (χ0v) is 20.0. The van der Waals surface area contributed by atoms with Crippen LogP contribution in [0.3, 0.4) is 0 Å². The molecule has 1 rings (SSSR count). The highest BCUT2D eigenvalue weighted by Crippen LogP contribution is 2.16. The maximum absolute atomic E-state index is 11.2. The van der Waals surface area contributed by atoms with E-state index in [1.54, 1.807) is 0 Å². The molecule has 6 nitrogen and oxygen atoms in total. The monoisotopic (exact) mass is 495 g/mol. The van der Waals surface area contributed by atoms with Crippen LogP contribution < -0.4 is 16.4 Å². The van der Waals surface area contributed by atoms with Crippen molar-refractivity contribution in [2.45, 2.75) is 78.2 Å². The van der Waals surface area contributed by atoms with E-state index >= 15 is 0 Å². The Labute approximate surface area is 183 Å². The van der Waals surface area contributed by atoms with Gasteiger partial charge in [0, 0.05) is 25.0 Å². The lowest BCUT2D eigenvalue weighted by Gasteiger charge is -2.30. The van der Waals surface area contributed by atoms with Gasteiger partial charge in [-0.15, -0.1) is 24.0 Å². The van der Waals surface area contributed by atoms with Crippen molar-refractivity contribution < 1.29 is 4.79 Å². The minimum Gasteiger partial charge on any atom is -0.369 e. The fraction of sp³-hybridized carbons (Fsp3) is 0.900. The van der Waals surface area contributed by atoms with Gasteiger partial charge in [0.15, 0.2) is 5.96 Å². The second kappa shape index (κ2) is 16.4. The Kier molecular flexibility index (Phi) is 16.0. The van der Waals surface area contributed by atoms with Crippen LogP contribution in [0.2, 0.25) is 0 Å². The predicted octanol–water partition coefficient (Wildman–Crippen LogP) is 3.11. The number of carbonyl (C=O) groups is 1. The normalized spacial score (nSPS) is 17.2. The molecule has 0 aromatic rings. The number of guanidine groups is 1. The molecule has 1 aliphatic heterocycles. The number of nitrogens with two attached hydrogens (primary N) is 1. The molecule has 1 heterocycles. The first kappa shape index (κ1) is 26.4. The number of primary amides is 1. The third-order valence-corrected chi connectivity index (χ3v) is 5.11. The molecule has 0 aliphatic carbocycles. The van der Waals surface area contributed by atoms with Crippen molar-refractivity contribution in [3.63, 3.8) is 0 Å². The highest BCUT2D eigenvalue weighted by Gasteiger charge is 2.22. The highest BCUT2D eigenvalue weighted by molar-refractivity contribution is 14.0. The zero-order valence-electron chi connectivity index (χ0n) is 17.6. The molecule has 0 aromatic heterocycles. The second-order valence-electron chi connectivity index (χ2n) is 7.53. The first-order valence-electron chi connectivity index (χ1n) is 10.6. The molecule has 0 spiro atoms. The number of nitrogens with zero attached hydrogens (tertiary/aromatic N) is 2. The number of amides is 1. The molecule has 0 saturated carbocycles. The summed E-state index contributed by atoms with van der Waals surface area (Å²) in [5.74, 6) is 0.897. The van der Waals surface area contributed by atoms with Gasteiger partial charge in [-0.25, -0.2) is 0 Å². The van der Waals surface area contributed by atoms with Gasteiger partial charge in [-0.2, -0.15) is 0 Å². The molecule has 7 heteroatoms. The Morgan fingerprint density at radius 3 is 2.48 bits per heavy atom. The Bertz CT molecular complexity index is 411. The van der Waals surface area contributed by atoms with Gasteiger partial charge < -0.3 is 21.3 Å². The number of likely N-dealkylation sites (tertiary alicyclic amines) is 1. The van der Waals surface area contributed by atoms with Crippen LogP contribution in [-0.2, 0) is 4.79 Å². The molecule has 1 unspecified atom stereocenters. The Hall–Kier alpha value is -0.570. The van der Waals surface area contributed by atoms with Crippen molar-refractivity contribution in [2.24, 2.45) is 16.6 Å². The van der Waals surface area contributed by atoms with E-state index < -0.39 is 0 Å². The minimum absolute atomic E-state index is 0. The van der Waals surface area contributed by atoms with Crippen LogP contribution in [0.1, 0.15) is 72.1 Å². The first-order valence-corrected chi connectivity index (χ1v) is 10.6. The molecular weight excluding hydrogens is 453 g/mol. The highest BCUT2D eigenvalue weighted by atomic mass is 127. The average Bonchev–Trinajstić information content (AvgIpc) is 2.62. The van der Waals surface area contributed by atoms with E-state index in [4.69, 9.17) is 10.7 Å². The number of carbonyl (C=O) groups excluding carboxylic acids is 1. The standard InChI is InChI=1S/C20H41N5O.HI/c1-4-6-7-10-17(3)24-20(22-5-2)23-13-8-9-14-25-15-11-18(12-16-25)19(21)26;/h17-18H,4-16H2,1-3H3,(H2,21,26)(H2,22,23,24);1H. The van der Waals surface area contributed by atoms with Gasteiger partial charge >= 0.3 is 0 Å². The summed E-state index contributed by atoms with van der Waals surface area (Å²) in [7, 11) is 0. The van der Waals surface area contributed by atoms with Gasteiger partial charge in [0.05, 0.1) is 0 Å². The third kappa shape index (κ3) is 12.5. The van der Waals surface area contributed by atoms with Crippen LogP contribution in [0.4, 0.5) is 0 Å². The smallest absolute Gasteiger partial charge is 0.220 e. The van der Waals surface area contributed by atoms with Gasteiger partial charge in [0.1, 0.15) is 0 Å². The Morgan fingerprint density at radius 2 is 1.89 bits per heavy atom. The van der Waals surface area contributed by atoms with E-state index in [0.29, 0.717) is 6.04 Å². The summed E-state index contributed by atoms with van der Waals surface area (Å²) in [6, 6.07) is 0.464. The number of rotatable bonds is 12. The number of hydrogen-bond donors (Lipinski definition) is 3. The summed E-state index contributed by atoms with van der Waals surface area (Å²) in [5.41, 5.74) is 5.39. The first-order chi connectivity index (χ1) is 12.6. The van der Waals surface area contributed by atoms with E-state index in [9.17, 15) is 4.79 Å². The molecule has 160 valence electrons. The topological polar surface area (TPSA) is 82.8 Å². The molecule has 1 fully saturated rings. The van der Waals surface area contributed by atoms with Crippen molar-refractivity contribution in [1.29, 1.82) is 0 Å². The van der Waals surface area contributed by atoms with Crippen molar-refractivity contribution in [3.05, 3.63) is 0 Å². The van der Waals surface area contributed by atoms with Crippen molar-refractivity contribution in [1.82, 2.24) is 15.5 Å². The van der Waals surface area contributed by atoms with Gasteiger partial charge in [-0.1, -0.05) is 26.2 Å². The Morgan fingerprint density at radius 1 is 1.19 bits per heavy atom.